The van der Waals surface area contributed by atoms with Crippen molar-refractivity contribution in [1.82, 2.24) is 15.5 Å². The molecule has 0 aliphatic rings. The van der Waals surface area contributed by atoms with Crippen LogP contribution in [0, 0.1) is 0 Å². The fraction of sp³-hybridized carbons (Fsp3) is 0.500. The summed E-state index contributed by atoms with van der Waals surface area (Å²) in [6.45, 7) is 4.26. The Labute approximate surface area is 105 Å². The Balaban J connectivity index is 2.22. The van der Waals surface area contributed by atoms with Crippen molar-refractivity contribution >= 4 is 11.3 Å². The van der Waals surface area contributed by atoms with Crippen molar-refractivity contribution in [2.24, 2.45) is 0 Å². The predicted octanol–water partition coefficient (Wildman–Crippen LogP) is 2.90. The van der Waals surface area contributed by atoms with E-state index in [0.29, 0.717) is 11.9 Å². The van der Waals surface area contributed by atoms with Crippen LogP contribution in [0.2, 0.25) is 0 Å². The monoisotopic (exact) mass is 251 g/mol. The maximum Gasteiger partial charge on any atom is 0.231 e. The number of nitrogens with one attached hydrogen (secondary N) is 1. The molecule has 0 spiro atoms. The van der Waals surface area contributed by atoms with Gasteiger partial charge >= 0.3 is 0 Å². The van der Waals surface area contributed by atoms with Gasteiger partial charge in [-0.25, -0.2) is 0 Å². The Kier molecular flexibility index (Phi) is 3.91. The van der Waals surface area contributed by atoms with Gasteiger partial charge in [-0.15, -0.1) is 0 Å². The summed E-state index contributed by atoms with van der Waals surface area (Å²) in [6.07, 6.45) is 0.979. The number of nitrogens with zero attached hydrogens (tertiary/aromatic N) is 2. The maximum absolute atomic E-state index is 5.37. The second kappa shape index (κ2) is 5.42. The molecule has 5 heteroatoms. The highest BCUT2D eigenvalue weighted by Gasteiger charge is 2.22. The standard InChI is InChI=1S/C12H17N3OS/c1-4-10(8(2)13-3)12-14-11(15-16-12)9-5-6-17-7-9/h5-8,10,13H,4H2,1-3H3. The van der Waals surface area contributed by atoms with Gasteiger partial charge in [0.05, 0.1) is 5.92 Å². The molecule has 0 aliphatic heterocycles. The van der Waals surface area contributed by atoms with Crippen LogP contribution in [0.15, 0.2) is 21.3 Å². The molecule has 0 radical (unpaired) electrons. The highest BCUT2D eigenvalue weighted by molar-refractivity contribution is 7.08. The van der Waals surface area contributed by atoms with Crippen LogP contribution < -0.4 is 5.32 Å². The van der Waals surface area contributed by atoms with Gasteiger partial charge in [0.15, 0.2) is 0 Å². The molecule has 17 heavy (non-hydrogen) atoms. The molecule has 2 aromatic rings. The van der Waals surface area contributed by atoms with Crippen molar-refractivity contribution in [3.63, 3.8) is 0 Å². The summed E-state index contributed by atoms with van der Waals surface area (Å²) in [5.74, 6) is 1.67. The fourth-order valence-corrected chi connectivity index (χ4v) is 2.47. The van der Waals surface area contributed by atoms with Crippen molar-refractivity contribution in [3.8, 4) is 11.4 Å². The van der Waals surface area contributed by atoms with E-state index in [9.17, 15) is 0 Å². The molecule has 0 bridgehead atoms. The number of hydrogen-bond donors (Lipinski definition) is 1. The van der Waals surface area contributed by atoms with Gasteiger partial charge in [0, 0.05) is 17.0 Å². The normalized spacial score (nSPS) is 14.8. The topological polar surface area (TPSA) is 51.0 Å². The SMILES string of the molecule is CCC(c1nc(-c2ccsc2)no1)C(C)NC. The minimum atomic E-state index is 0.264. The first-order valence-electron chi connectivity index (χ1n) is 5.79. The summed E-state index contributed by atoms with van der Waals surface area (Å²) < 4.78 is 5.37. The van der Waals surface area contributed by atoms with Gasteiger partial charge in [-0.1, -0.05) is 12.1 Å². The van der Waals surface area contributed by atoms with Gasteiger partial charge in [-0.2, -0.15) is 16.3 Å². The molecule has 0 aliphatic carbocycles. The Morgan fingerprint density at radius 3 is 2.94 bits per heavy atom. The molecule has 1 N–H and O–H groups in total. The van der Waals surface area contributed by atoms with E-state index < -0.39 is 0 Å². The Morgan fingerprint density at radius 2 is 2.35 bits per heavy atom. The van der Waals surface area contributed by atoms with E-state index in [-0.39, 0.29) is 5.92 Å². The minimum Gasteiger partial charge on any atom is -0.339 e. The van der Waals surface area contributed by atoms with Crippen LogP contribution in [0.1, 0.15) is 32.1 Å². The lowest BCUT2D eigenvalue weighted by molar-refractivity contribution is 0.322. The molecule has 92 valence electrons. The molecular formula is C12H17N3OS. The summed E-state index contributed by atoms with van der Waals surface area (Å²) in [5, 5.41) is 11.3. The van der Waals surface area contributed by atoms with E-state index >= 15 is 0 Å². The quantitative estimate of drug-likeness (QED) is 0.887. The van der Waals surface area contributed by atoms with Crippen molar-refractivity contribution in [2.45, 2.75) is 32.2 Å². The molecule has 0 saturated carbocycles. The third kappa shape index (κ3) is 2.56. The van der Waals surface area contributed by atoms with E-state index in [1.54, 1.807) is 11.3 Å². The summed E-state index contributed by atoms with van der Waals surface area (Å²) in [5.41, 5.74) is 1.02. The third-order valence-electron chi connectivity index (χ3n) is 3.04. The smallest absolute Gasteiger partial charge is 0.231 e. The maximum atomic E-state index is 5.37. The summed E-state index contributed by atoms with van der Waals surface area (Å²) >= 11 is 1.63. The zero-order valence-corrected chi connectivity index (χ0v) is 11.1. The first-order valence-corrected chi connectivity index (χ1v) is 6.74. The Hall–Kier alpha value is -1.20. The van der Waals surface area contributed by atoms with E-state index in [0.717, 1.165) is 17.9 Å². The predicted molar refractivity (Wildman–Crippen MR) is 69.2 cm³/mol. The zero-order valence-electron chi connectivity index (χ0n) is 10.3. The van der Waals surface area contributed by atoms with Crippen LogP contribution in [-0.4, -0.2) is 23.2 Å². The summed E-state index contributed by atoms with van der Waals surface area (Å²) in [4.78, 5) is 4.48. The van der Waals surface area contributed by atoms with Gasteiger partial charge in [0.1, 0.15) is 0 Å². The van der Waals surface area contributed by atoms with Crippen LogP contribution >= 0.6 is 11.3 Å². The molecule has 2 aromatic heterocycles. The molecule has 0 fully saturated rings. The highest BCUT2D eigenvalue weighted by atomic mass is 32.1. The first-order chi connectivity index (χ1) is 8.26. The van der Waals surface area contributed by atoms with E-state index in [4.69, 9.17) is 4.52 Å². The average molecular weight is 251 g/mol. The molecule has 0 amide bonds. The van der Waals surface area contributed by atoms with Crippen LogP contribution in [0.3, 0.4) is 0 Å². The molecule has 2 unspecified atom stereocenters. The highest BCUT2D eigenvalue weighted by Crippen LogP contribution is 2.25. The molecule has 0 aromatic carbocycles. The number of rotatable bonds is 5. The van der Waals surface area contributed by atoms with Gasteiger partial charge in [-0.05, 0) is 31.8 Å². The number of hydrogen-bond acceptors (Lipinski definition) is 5. The Bertz CT molecular complexity index is 452. The van der Waals surface area contributed by atoms with Gasteiger partial charge < -0.3 is 9.84 Å². The van der Waals surface area contributed by atoms with E-state index in [2.05, 4.69) is 29.3 Å². The van der Waals surface area contributed by atoms with Crippen molar-refractivity contribution in [1.29, 1.82) is 0 Å². The van der Waals surface area contributed by atoms with Crippen molar-refractivity contribution in [2.75, 3.05) is 7.05 Å². The fourth-order valence-electron chi connectivity index (χ4n) is 1.84. The molecule has 2 atom stereocenters. The van der Waals surface area contributed by atoms with Gasteiger partial charge in [-0.3, -0.25) is 0 Å². The summed E-state index contributed by atoms with van der Waals surface area (Å²) in [6, 6.07) is 2.33. The van der Waals surface area contributed by atoms with Crippen LogP contribution in [0.4, 0.5) is 0 Å². The van der Waals surface area contributed by atoms with E-state index in [1.807, 2.05) is 23.9 Å². The number of likely N-dealkylation sites (N-methyl/N-ethyl adjacent to an activating group) is 1. The van der Waals surface area contributed by atoms with Gasteiger partial charge in [0.2, 0.25) is 11.7 Å². The first kappa shape index (κ1) is 12.3. The van der Waals surface area contributed by atoms with Crippen LogP contribution in [0.25, 0.3) is 11.4 Å². The van der Waals surface area contributed by atoms with E-state index in [1.165, 1.54) is 0 Å². The molecule has 0 saturated heterocycles. The second-order valence-corrected chi connectivity index (χ2v) is 4.84. The van der Waals surface area contributed by atoms with Crippen molar-refractivity contribution < 1.29 is 4.52 Å². The molecule has 2 rings (SSSR count). The second-order valence-electron chi connectivity index (χ2n) is 4.06. The lowest BCUT2D eigenvalue weighted by Gasteiger charge is -2.17. The Morgan fingerprint density at radius 1 is 1.53 bits per heavy atom. The zero-order chi connectivity index (χ0) is 12.3. The lowest BCUT2D eigenvalue weighted by Crippen LogP contribution is -2.28. The summed E-state index contributed by atoms with van der Waals surface area (Å²) in [7, 11) is 1.95. The molecule has 2 heterocycles. The largest absolute Gasteiger partial charge is 0.339 e. The van der Waals surface area contributed by atoms with Gasteiger partial charge in [0.25, 0.3) is 0 Å². The number of aromatic nitrogens is 2. The minimum absolute atomic E-state index is 0.264. The average Bonchev–Trinajstić information content (AvgIpc) is 2.99. The van der Waals surface area contributed by atoms with Crippen LogP contribution in [0.5, 0.6) is 0 Å². The molecular weight excluding hydrogens is 234 g/mol. The molecule has 4 nitrogen and oxygen atoms in total. The van der Waals surface area contributed by atoms with Crippen LogP contribution in [-0.2, 0) is 0 Å². The number of thiophene rings is 1. The third-order valence-corrected chi connectivity index (χ3v) is 3.72. The van der Waals surface area contributed by atoms with Crippen molar-refractivity contribution in [3.05, 3.63) is 22.7 Å². The lowest BCUT2D eigenvalue weighted by atomic mass is 9.98.